The maximum atomic E-state index is 12.3. The summed E-state index contributed by atoms with van der Waals surface area (Å²) in [4.78, 5) is 18.6. The highest BCUT2D eigenvalue weighted by Gasteiger charge is 2.22. The summed E-state index contributed by atoms with van der Waals surface area (Å²) in [5.41, 5.74) is 0. The van der Waals surface area contributed by atoms with Gasteiger partial charge in [-0.25, -0.2) is 0 Å². The summed E-state index contributed by atoms with van der Waals surface area (Å²) in [6, 6.07) is 0.387. The van der Waals surface area contributed by atoms with Gasteiger partial charge in [0.1, 0.15) is 0 Å². The van der Waals surface area contributed by atoms with E-state index >= 15 is 0 Å². The van der Waals surface area contributed by atoms with E-state index in [1.54, 1.807) is 7.05 Å². The van der Waals surface area contributed by atoms with Gasteiger partial charge in [-0.15, -0.1) is 0 Å². The normalized spacial score (nSPS) is 22.3. The lowest BCUT2D eigenvalue weighted by molar-refractivity contribution is -0.134. The Balaban J connectivity index is 1.52. The maximum Gasteiger partial charge on any atom is 0.224 e. The summed E-state index contributed by atoms with van der Waals surface area (Å²) >= 11 is 0. The van der Waals surface area contributed by atoms with Crippen molar-refractivity contribution < 1.29 is 9.53 Å². The number of nitrogens with zero attached hydrogens (tertiary/aromatic N) is 2. The van der Waals surface area contributed by atoms with E-state index in [1.165, 1.54) is 38.5 Å². The van der Waals surface area contributed by atoms with Crippen LogP contribution in [0.1, 0.15) is 71.1 Å². The van der Waals surface area contributed by atoms with Crippen molar-refractivity contribution in [3.05, 3.63) is 0 Å². The topological polar surface area (TPSA) is 66.0 Å². The Hall–Kier alpha value is -1.30. The molecular formula is C20H38N4O2. The number of hydrogen-bond acceptors (Lipinski definition) is 3. The zero-order chi connectivity index (χ0) is 18.6. The number of carbonyl (C=O) groups is 1. The largest absolute Gasteiger partial charge is 0.378 e. The maximum absolute atomic E-state index is 12.3. The predicted octanol–water partition coefficient (Wildman–Crippen LogP) is 2.68. The van der Waals surface area contributed by atoms with Crippen LogP contribution in [0.15, 0.2) is 4.99 Å². The summed E-state index contributed by atoms with van der Waals surface area (Å²) < 4.78 is 5.94. The van der Waals surface area contributed by atoms with E-state index in [2.05, 4.69) is 22.5 Å². The molecule has 1 aliphatic heterocycles. The van der Waals surface area contributed by atoms with Gasteiger partial charge >= 0.3 is 0 Å². The van der Waals surface area contributed by atoms with Crippen LogP contribution in [-0.4, -0.2) is 62.2 Å². The SMILES string of the molecule is CN=C(NCCCOC1CCCCC1)NCCC(=O)N1CCCCC1C. The molecule has 1 heterocycles. The standard InChI is InChI=1S/C20H38N4O2/c1-17-9-6-7-15-24(17)19(25)12-14-23-20(21-2)22-13-8-16-26-18-10-4-3-5-11-18/h17-18H,3-16H2,1-2H3,(H2,21,22,23). The fourth-order valence-corrected chi connectivity index (χ4v) is 3.88. The third kappa shape index (κ3) is 7.52. The molecule has 1 atom stereocenters. The number of guanidine groups is 1. The number of nitrogens with one attached hydrogen (secondary N) is 2. The Morgan fingerprint density at radius 3 is 2.54 bits per heavy atom. The van der Waals surface area contributed by atoms with Gasteiger partial charge in [0.05, 0.1) is 6.10 Å². The zero-order valence-corrected chi connectivity index (χ0v) is 16.8. The number of hydrogen-bond donors (Lipinski definition) is 2. The van der Waals surface area contributed by atoms with Crippen molar-refractivity contribution in [3.8, 4) is 0 Å². The molecule has 0 aromatic carbocycles. The number of ether oxygens (including phenoxy) is 1. The van der Waals surface area contributed by atoms with E-state index in [-0.39, 0.29) is 5.91 Å². The Labute approximate surface area is 159 Å². The van der Waals surface area contributed by atoms with Gasteiger partial charge in [-0.2, -0.15) is 0 Å². The van der Waals surface area contributed by atoms with E-state index < -0.39 is 0 Å². The van der Waals surface area contributed by atoms with Gasteiger partial charge in [0, 0.05) is 45.8 Å². The average molecular weight is 367 g/mol. The van der Waals surface area contributed by atoms with Crippen LogP contribution < -0.4 is 10.6 Å². The van der Waals surface area contributed by atoms with Gasteiger partial charge in [0.2, 0.25) is 5.91 Å². The van der Waals surface area contributed by atoms with E-state index in [9.17, 15) is 4.79 Å². The molecule has 0 spiro atoms. The molecular weight excluding hydrogens is 328 g/mol. The van der Waals surface area contributed by atoms with Gasteiger partial charge in [-0.05, 0) is 45.4 Å². The van der Waals surface area contributed by atoms with E-state index in [1.807, 2.05) is 4.90 Å². The molecule has 1 amide bonds. The van der Waals surface area contributed by atoms with Crippen LogP contribution in [0.25, 0.3) is 0 Å². The fourth-order valence-electron chi connectivity index (χ4n) is 3.88. The molecule has 0 radical (unpaired) electrons. The summed E-state index contributed by atoms with van der Waals surface area (Å²) in [6.45, 7) is 5.33. The van der Waals surface area contributed by atoms with Crippen LogP contribution in [0.2, 0.25) is 0 Å². The van der Waals surface area contributed by atoms with Crippen LogP contribution in [0.5, 0.6) is 0 Å². The molecule has 0 aromatic heterocycles. The highest BCUT2D eigenvalue weighted by Crippen LogP contribution is 2.20. The van der Waals surface area contributed by atoms with Crippen molar-refractivity contribution in [1.82, 2.24) is 15.5 Å². The minimum atomic E-state index is 0.251. The Kier molecular flexibility index (Phi) is 9.82. The lowest BCUT2D eigenvalue weighted by Crippen LogP contribution is -2.44. The minimum Gasteiger partial charge on any atom is -0.378 e. The van der Waals surface area contributed by atoms with Crippen LogP contribution in [0.4, 0.5) is 0 Å². The predicted molar refractivity (Wildman–Crippen MR) is 106 cm³/mol. The molecule has 1 saturated heterocycles. The lowest BCUT2D eigenvalue weighted by Gasteiger charge is -2.33. The van der Waals surface area contributed by atoms with E-state index in [4.69, 9.17) is 4.74 Å². The quantitative estimate of drug-likeness (QED) is 0.394. The molecule has 0 bridgehead atoms. The van der Waals surface area contributed by atoms with Crippen molar-refractivity contribution in [2.45, 2.75) is 83.3 Å². The van der Waals surface area contributed by atoms with Gasteiger partial charge in [-0.3, -0.25) is 9.79 Å². The number of amides is 1. The van der Waals surface area contributed by atoms with Crippen LogP contribution in [0, 0.1) is 0 Å². The molecule has 0 aromatic rings. The highest BCUT2D eigenvalue weighted by molar-refractivity contribution is 5.81. The Morgan fingerprint density at radius 2 is 1.81 bits per heavy atom. The molecule has 1 unspecified atom stereocenters. The second-order valence-corrected chi connectivity index (χ2v) is 7.59. The van der Waals surface area contributed by atoms with Crippen molar-refractivity contribution in [3.63, 3.8) is 0 Å². The fraction of sp³-hybridized carbons (Fsp3) is 0.900. The number of likely N-dealkylation sites (tertiary alicyclic amines) is 1. The lowest BCUT2D eigenvalue weighted by atomic mass is 9.98. The summed E-state index contributed by atoms with van der Waals surface area (Å²) in [5.74, 6) is 1.02. The second-order valence-electron chi connectivity index (χ2n) is 7.59. The van der Waals surface area contributed by atoms with Crippen LogP contribution in [-0.2, 0) is 9.53 Å². The third-order valence-electron chi connectivity index (χ3n) is 5.50. The third-order valence-corrected chi connectivity index (χ3v) is 5.50. The molecule has 1 saturated carbocycles. The first-order chi connectivity index (χ1) is 12.7. The average Bonchev–Trinajstić information content (AvgIpc) is 2.67. The molecule has 1 aliphatic carbocycles. The van der Waals surface area contributed by atoms with Gasteiger partial charge < -0.3 is 20.3 Å². The molecule has 6 heteroatoms. The molecule has 2 aliphatic rings. The number of rotatable bonds is 8. The van der Waals surface area contributed by atoms with Crippen molar-refractivity contribution in [1.29, 1.82) is 0 Å². The van der Waals surface area contributed by atoms with Crippen LogP contribution >= 0.6 is 0 Å². The second kappa shape index (κ2) is 12.2. The number of carbonyl (C=O) groups excluding carboxylic acids is 1. The minimum absolute atomic E-state index is 0.251. The number of piperidine rings is 1. The Morgan fingerprint density at radius 1 is 1.08 bits per heavy atom. The van der Waals surface area contributed by atoms with E-state index in [0.717, 1.165) is 44.9 Å². The number of aliphatic imine (C=N–C) groups is 1. The van der Waals surface area contributed by atoms with E-state index in [0.29, 0.717) is 25.1 Å². The molecule has 26 heavy (non-hydrogen) atoms. The molecule has 2 rings (SSSR count). The summed E-state index contributed by atoms with van der Waals surface area (Å²) in [7, 11) is 1.77. The summed E-state index contributed by atoms with van der Waals surface area (Å²) in [6.07, 6.45) is 11.9. The molecule has 6 nitrogen and oxygen atoms in total. The van der Waals surface area contributed by atoms with Crippen molar-refractivity contribution >= 4 is 11.9 Å². The molecule has 150 valence electrons. The monoisotopic (exact) mass is 366 g/mol. The van der Waals surface area contributed by atoms with Crippen molar-refractivity contribution in [2.24, 2.45) is 4.99 Å². The molecule has 2 fully saturated rings. The smallest absolute Gasteiger partial charge is 0.224 e. The summed E-state index contributed by atoms with van der Waals surface area (Å²) in [5, 5.41) is 6.55. The first kappa shape index (κ1) is 21.0. The first-order valence-electron chi connectivity index (χ1n) is 10.6. The van der Waals surface area contributed by atoms with Gasteiger partial charge in [0.25, 0.3) is 0 Å². The van der Waals surface area contributed by atoms with Crippen LogP contribution in [0.3, 0.4) is 0 Å². The Bertz CT molecular complexity index is 436. The highest BCUT2D eigenvalue weighted by atomic mass is 16.5. The van der Waals surface area contributed by atoms with Crippen molar-refractivity contribution in [2.75, 3.05) is 33.3 Å². The van der Waals surface area contributed by atoms with Gasteiger partial charge in [-0.1, -0.05) is 19.3 Å². The van der Waals surface area contributed by atoms with Gasteiger partial charge in [0.15, 0.2) is 5.96 Å². The first-order valence-corrected chi connectivity index (χ1v) is 10.6. The molecule has 2 N–H and O–H groups in total. The zero-order valence-electron chi connectivity index (χ0n) is 16.8.